The smallest absolute Gasteiger partial charge is 0.124 e. The Kier molecular flexibility index (Phi) is 4.37. The van der Waals surface area contributed by atoms with E-state index in [1.54, 1.807) is 6.20 Å². The summed E-state index contributed by atoms with van der Waals surface area (Å²) in [4.78, 5) is 6.93. The molecule has 0 bridgehead atoms. The van der Waals surface area contributed by atoms with Crippen LogP contribution in [0, 0.1) is 0 Å². The van der Waals surface area contributed by atoms with Crippen LogP contribution >= 0.6 is 12.2 Å². The largest absolute Gasteiger partial charge is 0.388 e. The molecule has 0 radical (unpaired) electrons. The lowest BCUT2D eigenvalue weighted by Crippen LogP contribution is -2.47. The first-order chi connectivity index (χ1) is 9.05. The highest BCUT2D eigenvalue weighted by Gasteiger charge is 2.35. The zero-order chi connectivity index (χ0) is 13.9. The Hall–Kier alpha value is -1.20. The topological polar surface area (TPSA) is 54.2 Å². The van der Waals surface area contributed by atoms with Crippen molar-refractivity contribution in [3.63, 3.8) is 0 Å². The number of rotatable bonds is 5. The van der Waals surface area contributed by atoms with E-state index in [2.05, 4.69) is 29.3 Å². The summed E-state index contributed by atoms with van der Waals surface area (Å²) in [5, 5.41) is 3.49. The van der Waals surface area contributed by atoms with Crippen molar-refractivity contribution in [2.24, 2.45) is 5.73 Å². The lowest BCUT2D eigenvalue weighted by molar-refractivity contribution is 0.172. The maximum Gasteiger partial charge on any atom is 0.124 e. The van der Waals surface area contributed by atoms with Crippen LogP contribution in [0.3, 0.4) is 0 Å². The number of anilines is 1. The third-order valence-corrected chi connectivity index (χ3v) is 4.33. The molecule has 1 heterocycles. The second-order valence-electron chi connectivity index (χ2n) is 5.44. The van der Waals surface area contributed by atoms with E-state index in [1.807, 2.05) is 12.1 Å². The van der Waals surface area contributed by atoms with Crippen LogP contribution in [0.15, 0.2) is 18.3 Å². The lowest BCUT2D eigenvalue weighted by Gasteiger charge is -2.37. The molecule has 104 valence electrons. The van der Waals surface area contributed by atoms with Gasteiger partial charge in [0.05, 0.1) is 5.69 Å². The SMILES string of the molecule is CN(C)C1(CNc2cccnc2C(N)=S)CCCC1. The van der Waals surface area contributed by atoms with E-state index in [0.717, 1.165) is 12.2 Å². The molecule has 0 aromatic carbocycles. The van der Waals surface area contributed by atoms with Gasteiger partial charge in [0, 0.05) is 18.3 Å². The highest BCUT2D eigenvalue weighted by Crippen LogP contribution is 2.34. The van der Waals surface area contributed by atoms with Gasteiger partial charge in [0.25, 0.3) is 0 Å². The van der Waals surface area contributed by atoms with Crippen LogP contribution in [0.1, 0.15) is 31.4 Å². The van der Waals surface area contributed by atoms with Crippen LogP contribution in [0.2, 0.25) is 0 Å². The van der Waals surface area contributed by atoms with Crippen LogP contribution in [-0.4, -0.2) is 41.1 Å². The van der Waals surface area contributed by atoms with Gasteiger partial charge in [-0.2, -0.15) is 0 Å². The molecule has 0 aliphatic heterocycles. The average molecular weight is 278 g/mol. The van der Waals surface area contributed by atoms with Crippen molar-refractivity contribution >= 4 is 22.9 Å². The Labute approximate surface area is 120 Å². The Morgan fingerprint density at radius 1 is 1.47 bits per heavy atom. The van der Waals surface area contributed by atoms with E-state index < -0.39 is 0 Å². The van der Waals surface area contributed by atoms with Gasteiger partial charge in [0.2, 0.25) is 0 Å². The van der Waals surface area contributed by atoms with E-state index in [0.29, 0.717) is 10.7 Å². The van der Waals surface area contributed by atoms with Gasteiger partial charge in [-0.1, -0.05) is 25.1 Å². The van der Waals surface area contributed by atoms with Gasteiger partial charge in [-0.15, -0.1) is 0 Å². The number of nitrogens with two attached hydrogens (primary N) is 1. The lowest BCUT2D eigenvalue weighted by atomic mass is 9.96. The van der Waals surface area contributed by atoms with Gasteiger partial charge in [-0.05, 0) is 39.1 Å². The summed E-state index contributed by atoms with van der Waals surface area (Å²) >= 11 is 5.04. The van der Waals surface area contributed by atoms with Crippen LogP contribution < -0.4 is 11.1 Å². The molecule has 0 spiro atoms. The fourth-order valence-electron chi connectivity index (χ4n) is 2.82. The molecular weight excluding hydrogens is 256 g/mol. The van der Waals surface area contributed by atoms with Crippen molar-refractivity contribution in [1.82, 2.24) is 9.88 Å². The van der Waals surface area contributed by atoms with Gasteiger partial charge >= 0.3 is 0 Å². The van der Waals surface area contributed by atoms with E-state index in [4.69, 9.17) is 18.0 Å². The monoisotopic (exact) mass is 278 g/mol. The van der Waals surface area contributed by atoms with Crippen LogP contribution in [-0.2, 0) is 0 Å². The molecule has 4 nitrogen and oxygen atoms in total. The third kappa shape index (κ3) is 3.04. The number of pyridine rings is 1. The summed E-state index contributed by atoms with van der Waals surface area (Å²) in [7, 11) is 4.31. The van der Waals surface area contributed by atoms with Crippen molar-refractivity contribution in [3.8, 4) is 0 Å². The first-order valence-electron chi connectivity index (χ1n) is 6.71. The normalized spacial score (nSPS) is 17.6. The molecule has 0 atom stereocenters. The minimum atomic E-state index is 0.239. The molecule has 5 heteroatoms. The molecule has 1 aromatic heterocycles. The predicted molar refractivity (Wildman–Crippen MR) is 83.5 cm³/mol. The van der Waals surface area contributed by atoms with Crippen LogP contribution in [0.4, 0.5) is 5.69 Å². The van der Waals surface area contributed by atoms with Gasteiger partial charge in [0.1, 0.15) is 10.7 Å². The highest BCUT2D eigenvalue weighted by molar-refractivity contribution is 7.80. The maximum atomic E-state index is 5.71. The summed E-state index contributed by atoms with van der Waals surface area (Å²) in [6.07, 6.45) is 6.78. The molecule has 2 rings (SSSR count). The van der Waals surface area contributed by atoms with Gasteiger partial charge in [0.15, 0.2) is 0 Å². The molecular formula is C14H22N4S. The number of hydrogen-bond acceptors (Lipinski definition) is 4. The molecule has 1 fully saturated rings. The second-order valence-corrected chi connectivity index (χ2v) is 5.88. The van der Waals surface area contributed by atoms with Crippen molar-refractivity contribution in [2.45, 2.75) is 31.2 Å². The molecule has 19 heavy (non-hydrogen) atoms. The van der Waals surface area contributed by atoms with E-state index in [-0.39, 0.29) is 5.54 Å². The van der Waals surface area contributed by atoms with Crippen molar-refractivity contribution in [2.75, 3.05) is 26.0 Å². The summed E-state index contributed by atoms with van der Waals surface area (Å²) < 4.78 is 0. The average Bonchev–Trinajstić information content (AvgIpc) is 2.86. The fraction of sp³-hybridized carbons (Fsp3) is 0.571. The van der Waals surface area contributed by atoms with Crippen molar-refractivity contribution in [1.29, 1.82) is 0 Å². The second kappa shape index (κ2) is 5.84. The summed E-state index contributed by atoms with van der Waals surface area (Å²) in [6, 6.07) is 3.89. The summed E-state index contributed by atoms with van der Waals surface area (Å²) in [5.74, 6) is 0. The Bertz CT molecular complexity index is 453. The molecule has 1 saturated carbocycles. The van der Waals surface area contributed by atoms with Gasteiger partial charge in [-0.3, -0.25) is 4.98 Å². The molecule has 0 saturated heterocycles. The first kappa shape index (κ1) is 14.2. The summed E-state index contributed by atoms with van der Waals surface area (Å²) in [6.45, 7) is 0.904. The number of aromatic nitrogens is 1. The van der Waals surface area contributed by atoms with Crippen molar-refractivity contribution in [3.05, 3.63) is 24.0 Å². The fourth-order valence-corrected chi connectivity index (χ4v) is 2.98. The minimum Gasteiger partial charge on any atom is -0.388 e. The number of hydrogen-bond donors (Lipinski definition) is 2. The number of thiocarbonyl (C=S) groups is 1. The number of nitrogens with one attached hydrogen (secondary N) is 1. The minimum absolute atomic E-state index is 0.239. The maximum absolute atomic E-state index is 5.71. The van der Waals surface area contributed by atoms with Gasteiger partial charge < -0.3 is 16.0 Å². The van der Waals surface area contributed by atoms with E-state index >= 15 is 0 Å². The highest BCUT2D eigenvalue weighted by atomic mass is 32.1. The zero-order valence-corrected chi connectivity index (χ0v) is 12.5. The molecule has 0 amide bonds. The molecule has 0 unspecified atom stereocenters. The van der Waals surface area contributed by atoms with E-state index in [9.17, 15) is 0 Å². The third-order valence-electron chi connectivity index (χ3n) is 4.13. The molecule has 1 aliphatic carbocycles. The quantitative estimate of drug-likeness (QED) is 0.807. The van der Waals surface area contributed by atoms with Crippen molar-refractivity contribution < 1.29 is 0 Å². The molecule has 1 aliphatic rings. The Balaban J connectivity index is 2.12. The number of likely N-dealkylation sites (N-methyl/N-ethyl adjacent to an activating group) is 1. The van der Waals surface area contributed by atoms with Crippen LogP contribution in [0.25, 0.3) is 0 Å². The molecule has 1 aromatic rings. The van der Waals surface area contributed by atoms with Gasteiger partial charge in [-0.25, -0.2) is 0 Å². The van der Waals surface area contributed by atoms with E-state index in [1.165, 1.54) is 25.7 Å². The molecule has 3 N–H and O–H groups in total. The summed E-state index contributed by atoms with van der Waals surface area (Å²) in [5.41, 5.74) is 7.57. The first-order valence-corrected chi connectivity index (χ1v) is 7.12. The number of nitrogens with zero attached hydrogens (tertiary/aromatic N) is 2. The predicted octanol–water partition coefficient (Wildman–Crippen LogP) is 2.00. The standard InChI is InChI=1S/C14H22N4S/c1-18(2)14(7-3-4-8-14)10-17-11-6-5-9-16-12(11)13(15)19/h5-6,9,17H,3-4,7-8,10H2,1-2H3,(H2,15,19). The Morgan fingerprint density at radius 2 is 2.16 bits per heavy atom. The Morgan fingerprint density at radius 3 is 2.74 bits per heavy atom. The van der Waals surface area contributed by atoms with Crippen LogP contribution in [0.5, 0.6) is 0 Å². The zero-order valence-electron chi connectivity index (χ0n) is 11.6.